The van der Waals surface area contributed by atoms with Crippen LogP contribution in [0.2, 0.25) is 0 Å². The zero-order valence-electron chi connectivity index (χ0n) is 20.2. The van der Waals surface area contributed by atoms with Gasteiger partial charge < -0.3 is 14.4 Å². The second-order valence-electron chi connectivity index (χ2n) is 8.45. The zero-order valence-corrected chi connectivity index (χ0v) is 21.0. The highest BCUT2D eigenvalue weighted by Gasteiger charge is 2.37. The van der Waals surface area contributed by atoms with Crippen molar-refractivity contribution in [3.8, 4) is 11.5 Å². The molecule has 0 amide bonds. The summed E-state index contributed by atoms with van der Waals surface area (Å²) in [5.41, 5.74) is 3.13. The summed E-state index contributed by atoms with van der Waals surface area (Å²) in [7, 11) is -0.645. The van der Waals surface area contributed by atoms with Crippen molar-refractivity contribution in [3.05, 3.63) is 107 Å². The van der Waals surface area contributed by atoms with Gasteiger partial charge in [-0.3, -0.25) is 4.31 Å². The summed E-state index contributed by atoms with van der Waals surface area (Å²) < 4.78 is 40.0. The molecule has 0 N–H and O–H groups in total. The predicted molar refractivity (Wildman–Crippen MR) is 142 cm³/mol. The molecule has 0 radical (unpaired) electrons. The molecule has 3 aromatic rings. The van der Waals surface area contributed by atoms with Crippen LogP contribution in [0.3, 0.4) is 0 Å². The molecule has 0 aliphatic carbocycles. The highest BCUT2D eigenvalue weighted by atomic mass is 32.2. The van der Waals surface area contributed by atoms with E-state index in [9.17, 15) is 8.42 Å². The largest absolute Gasteiger partial charge is 0.497 e. The fourth-order valence-corrected chi connectivity index (χ4v) is 5.88. The fourth-order valence-electron chi connectivity index (χ4n) is 4.26. The van der Waals surface area contributed by atoms with Crippen LogP contribution in [-0.2, 0) is 23.0 Å². The second kappa shape index (κ2) is 9.91. The monoisotopic (exact) mass is 501 g/mol. The number of ether oxygens (including phenoxy) is 2. The average molecular weight is 502 g/mol. The molecule has 2 heterocycles. The zero-order chi connectivity index (χ0) is 25.1. The van der Waals surface area contributed by atoms with Crippen LogP contribution in [0, 0.1) is 0 Å². The second-order valence-corrected chi connectivity index (χ2v) is 10.3. The Morgan fingerprint density at radius 1 is 0.833 bits per heavy atom. The van der Waals surface area contributed by atoms with Gasteiger partial charge in [0.15, 0.2) is 5.84 Å². The normalized spacial score (nSPS) is 15.8. The maximum atomic E-state index is 14.0. The number of aliphatic imine (C=N–C) groups is 1. The standard InChI is InChI=1S/C28H27N3O4S/c1-34-23-13-9-21(10-14-23)17-19-30-18-5-8-27-28(30)29-25-6-3-4-7-26(25)31(36(27,32)33)20-22-11-15-24(35-2)16-12-22/h3-16,18H,17,19-20H2,1-2H3. The summed E-state index contributed by atoms with van der Waals surface area (Å²) >= 11 is 0. The first-order chi connectivity index (χ1) is 17.5. The Kier molecular flexibility index (Phi) is 6.52. The molecule has 36 heavy (non-hydrogen) atoms. The van der Waals surface area contributed by atoms with Crippen molar-refractivity contribution in [2.24, 2.45) is 4.99 Å². The van der Waals surface area contributed by atoms with Gasteiger partial charge in [-0.25, -0.2) is 13.4 Å². The highest BCUT2D eigenvalue weighted by molar-refractivity contribution is 7.97. The lowest BCUT2D eigenvalue weighted by atomic mass is 10.1. The van der Waals surface area contributed by atoms with E-state index < -0.39 is 10.0 Å². The van der Waals surface area contributed by atoms with E-state index in [-0.39, 0.29) is 11.4 Å². The highest BCUT2D eigenvalue weighted by Crippen LogP contribution is 2.39. The first-order valence-corrected chi connectivity index (χ1v) is 13.1. The lowest BCUT2D eigenvalue weighted by Crippen LogP contribution is -2.38. The van der Waals surface area contributed by atoms with Crippen LogP contribution in [0.25, 0.3) is 0 Å². The Morgan fingerprint density at radius 2 is 1.47 bits per heavy atom. The van der Waals surface area contributed by atoms with Crippen molar-refractivity contribution in [2.45, 2.75) is 13.0 Å². The first kappa shape index (κ1) is 23.7. The summed E-state index contributed by atoms with van der Waals surface area (Å²) in [5.74, 6) is 1.95. The van der Waals surface area contributed by atoms with Gasteiger partial charge in [-0.15, -0.1) is 0 Å². The number of rotatable bonds is 7. The van der Waals surface area contributed by atoms with E-state index in [1.165, 1.54) is 4.31 Å². The van der Waals surface area contributed by atoms with Gasteiger partial charge in [-0.05, 0) is 66.1 Å². The van der Waals surface area contributed by atoms with Crippen molar-refractivity contribution in [1.82, 2.24) is 4.90 Å². The van der Waals surface area contributed by atoms with Crippen molar-refractivity contribution >= 4 is 27.2 Å². The molecule has 2 aliphatic heterocycles. The van der Waals surface area contributed by atoms with Gasteiger partial charge in [-0.1, -0.05) is 36.4 Å². The Labute approximate surface area is 211 Å². The molecule has 8 heteroatoms. The molecule has 0 aromatic heterocycles. The van der Waals surface area contributed by atoms with E-state index in [0.717, 1.165) is 29.0 Å². The smallest absolute Gasteiger partial charge is 0.268 e. The molecule has 5 rings (SSSR count). The number of para-hydroxylation sites is 2. The minimum absolute atomic E-state index is 0.180. The first-order valence-electron chi connectivity index (χ1n) is 11.6. The third kappa shape index (κ3) is 4.59. The molecule has 0 spiro atoms. The molecule has 0 bridgehead atoms. The van der Waals surface area contributed by atoms with Crippen molar-refractivity contribution in [1.29, 1.82) is 0 Å². The van der Waals surface area contributed by atoms with Gasteiger partial charge in [0.2, 0.25) is 0 Å². The van der Waals surface area contributed by atoms with Crippen LogP contribution in [0.5, 0.6) is 11.5 Å². The summed E-state index contributed by atoms with van der Waals surface area (Å²) in [6.45, 7) is 0.758. The topological polar surface area (TPSA) is 71.4 Å². The van der Waals surface area contributed by atoms with Gasteiger partial charge >= 0.3 is 0 Å². The third-order valence-electron chi connectivity index (χ3n) is 6.24. The van der Waals surface area contributed by atoms with E-state index >= 15 is 0 Å². The van der Waals surface area contributed by atoms with E-state index in [1.807, 2.05) is 77.8 Å². The van der Waals surface area contributed by atoms with Crippen LogP contribution in [0.4, 0.5) is 11.4 Å². The molecule has 0 fully saturated rings. The number of benzene rings is 3. The number of allylic oxidation sites excluding steroid dienone is 2. The molecular weight excluding hydrogens is 474 g/mol. The number of fused-ring (bicyclic) bond motifs is 2. The summed E-state index contributed by atoms with van der Waals surface area (Å²) in [6.07, 6.45) is 5.99. The van der Waals surface area contributed by atoms with Crippen LogP contribution in [0.15, 0.2) is 101 Å². The van der Waals surface area contributed by atoms with Gasteiger partial charge in [0.1, 0.15) is 16.4 Å². The number of methoxy groups -OCH3 is 2. The molecular formula is C28H27N3O4S. The Morgan fingerprint density at radius 3 is 2.14 bits per heavy atom. The number of sulfonamides is 1. The van der Waals surface area contributed by atoms with Crippen LogP contribution >= 0.6 is 0 Å². The summed E-state index contributed by atoms with van der Waals surface area (Å²) in [5, 5.41) is 0. The van der Waals surface area contributed by atoms with E-state index in [1.54, 1.807) is 32.4 Å². The van der Waals surface area contributed by atoms with E-state index in [4.69, 9.17) is 14.5 Å². The Balaban J connectivity index is 1.48. The summed E-state index contributed by atoms with van der Waals surface area (Å²) in [6, 6.07) is 22.6. The number of hydrogen-bond donors (Lipinski definition) is 0. The van der Waals surface area contributed by atoms with Crippen LogP contribution < -0.4 is 13.8 Å². The lowest BCUT2D eigenvalue weighted by Gasteiger charge is -2.28. The van der Waals surface area contributed by atoms with Crippen molar-refractivity contribution in [2.75, 3.05) is 25.1 Å². The molecule has 7 nitrogen and oxygen atoms in total. The Hall–Kier alpha value is -4.04. The molecule has 0 saturated carbocycles. The minimum atomic E-state index is -3.89. The molecule has 0 saturated heterocycles. The molecule has 2 aliphatic rings. The van der Waals surface area contributed by atoms with Gasteiger partial charge in [0.25, 0.3) is 10.0 Å². The minimum Gasteiger partial charge on any atom is -0.497 e. The maximum absolute atomic E-state index is 14.0. The maximum Gasteiger partial charge on any atom is 0.268 e. The fraction of sp³-hybridized carbons (Fsp3) is 0.179. The van der Waals surface area contributed by atoms with Gasteiger partial charge in [-0.2, -0.15) is 0 Å². The summed E-state index contributed by atoms with van der Waals surface area (Å²) in [4.78, 5) is 6.95. The number of hydrogen-bond acceptors (Lipinski definition) is 6. The number of anilines is 1. The van der Waals surface area contributed by atoms with Gasteiger partial charge in [0.05, 0.1) is 32.1 Å². The third-order valence-corrected chi connectivity index (χ3v) is 8.02. The number of nitrogens with zero attached hydrogens (tertiary/aromatic N) is 3. The van der Waals surface area contributed by atoms with Crippen LogP contribution in [0.1, 0.15) is 11.1 Å². The molecule has 0 unspecified atom stereocenters. The molecule has 3 aromatic carbocycles. The quantitative estimate of drug-likeness (QED) is 0.454. The lowest BCUT2D eigenvalue weighted by molar-refractivity contribution is 0.414. The van der Waals surface area contributed by atoms with Crippen molar-refractivity contribution < 1.29 is 17.9 Å². The molecule has 184 valence electrons. The average Bonchev–Trinajstić information content (AvgIpc) is 3.00. The van der Waals surface area contributed by atoms with Crippen LogP contribution in [-0.4, -0.2) is 39.9 Å². The van der Waals surface area contributed by atoms with E-state index in [2.05, 4.69) is 0 Å². The van der Waals surface area contributed by atoms with Crippen molar-refractivity contribution in [3.63, 3.8) is 0 Å². The van der Waals surface area contributed by atoms with E-state index in [0.29, 0.717) is 23.8 Å². The SMILES string of the molecule is COc1ccc(CCN2C=CC=C3C2=Nc2ccccc2N(Cc2ccc(OC)cc2)S3(=O)=O)cc1. The predicted octanol–water partition coefficient (Wildman–Crippen LogP) is 5.04. The molecule has 0 atom stereocenters. The van der Waals surface area contributed by atoms with Gasteiger partial charge in [0, 0.05) is 12.7 Å². The Bertz CT molecular complexity index is 1440. The number of amidine groups is 1.